The monoisotopic (exact) mass is 355 g/mol. The molecule has 2 aromatic carbocycles. The Hall–Kier alpha value is -2.37. The largest absolute Gasteiger partial charge is 0.489 e. The predicted molar refractivity (Wildman–Crippen MR) is 95.9 cm³/mol. The number of hydrogen-bond acceptors (Lipinski definition) is 5. The Bertz CT molecular complexity index is 842. The van der Waals surface area contributed by atoms with Crippen LogP contribution in [0.1, 0.15) is 17.9 Å². The molecule has 0 aliphatic carbocycles. The van der Waals surface area contributed by atoms with Gasteiger partial charge in [0.05, 0.1) is 6.42 Å². The average molecular weight is 356 g/mol. The summed E-state index contributed by atoms with van der Waals surface area (Å²) >= 11 is 6.18. The van der Waals surface area contributed by atoms with Gasteiger partial charge >= 0.3 is 0 Å². The highest BCUT2D eigenvalue weighted by atomic mass is 35.5. The van der Waals surface area contributed by atoms with Crippen LogP contribution in [0.15, 0.2) is 53.1 Å². The van der Waals surface area contributed by atoms with Crippen LogP contribution < -0.4 is 10.1 Å². The summed E-state index contributed by atoms with van der Waals surface area (Å²) < 4.78 is 11.3. The molecule has 0 saturated carbocycles. The summed E-state index contributed by atoms with van der Waals surface area (Å²) in [4.78, 5) is 4.46. The Labute approximate surface area is 151 Å². The minimum Gasteiger partial charge on any atom is -0.489 e. The second-order valence-electron chi connectivity index (χ2n) is 6.04. The van der Waals surface area contributed by atoms with Gasteiger partial charge in [0, 0.05) is 17.1 Å². The topological polar surface area (TPSA) is 60.2 Å². The molecule has 0 bridgehead atoms. The fraction of sp³-hybridized carbons (Fsp3) is 0.263. The first kappa shape index (κ1) is 16.1. The van der Waals surface area contributed by atoms with Crippen molar-refractivity contribution < 1.29 is 9.26 Å². The van der Waals surface area contributed by atoms with E-state index in [4.69, 9.17) is 20.9 Å². The molecule has 0 radical (unpaired) electrons. The summed E-state index contributed by atoms with van der Waals surface area (Å²) in [6.07, 6.45) is 1.80. The number of aromatic nitrogens is 2. The van der Waals surface area contributed by atoms with Gasteiger partial charge in [-0.05, 0) is 48.9 Å². The molecule has 1 N–H and O–H groups in total. The summed E-state index contributed by atoms with van der Waals surface area (Å²) in [7, 11) is 0. The molecule has 4 rings (SSSR count). The van der Waals surface area contributed by atoms with Crippen molar-refractivity contribution in [1.82, 2.24) is 15.5 Å². The Kier molecular flexibility index (Phi) is 4.68. The summed E-state index contributed by atoms with van der Waals surface area (Å²) in [5.41, 5.74) is 1.86. The van der Waals surface area contributed by atoms with Gasteiger partial charge < -0.3 is 14.6 Å². The Morgan fingerprint density at radius 2 is 2.00 bits per heavy atom. The molecule has 1 aliphatic heterocycles. The van der Waals surface area contributed by atoms with Gasteiger partial charge in [0.1, 0.15) is 11.9 Å². The van der Waals surface area contributed by atoms with Crippen LogP contribution in [0.5, 0.6) is 5.75 Å². The van der Waals surface area contributed by atoms with Gasteiger partial charge in [-0.3, -0.25) is 0 Å². The molecule has 128 valence electrons. The van der Waals surface area contributed by atoms with E-state index in [9.17, 15) is 0 Å². The van der Waals surface area contributed by atoms with E-state index >= 15 is 0 Å². The first-order chi connectivity index (χ1) is 12.3. The van der Waals surface area contributed by atoms with Crippen LogP contribution in [0.2, 0.25) is 5.02 Å². The van der Waals surface area contributed by atoms with Crippen molar-refractivity contribution in [1.29, 1.82) is 0 Å². The minimum absolute atomic E-state index is 0.248. The molecular formula is C19H18ClN3O2. The molecule has 2 heterocycles. The minimum atomic E-state index is 0.248. The summed E-state index contributed by atoms with van der Waals surface area (Å²) in [6, 6.07) is 15.4. The van der Waals surface area contributed by atoms with E-state index in [0.29, 0.717) is 23.2 Å². The van der Waals surface area contributed by atoms with Gasteiger partial charge in [-0.1, -0.05) is 35.0 Å². The fourth-order valence-corrected chi connectivity index (χ4v) is 3.05. The maximum Gasteiger partial charge on any atom is 0.231 e. The van der Waals surface area contributed by atoms with Crippen molar-refractivity contribution in [2.75, 3.05) is 13.1 Å². The molecule has 1 saturated heterocycles. The van der Waals surface area contributed by atoms with E-state index in [1.54, 1.807) is 0 Å². The predicted octanol–water partition coefficient (Wildman–Crippen LogP) is 3.72. The van der Waals surface area contributed by atoms with Crippen molar-refractivity contribution in [3.63, 3.8) is 0 Å². The van der Waals surface area contributed by atoms with E-state index in [2.05, 4.69) is 15.5 Å². The van der Waals surface area contributed by atoms with Gasteiger partial charge in [0.25, 0.3) is 0 Å². The lowest BCUT2D eigenvalue weighted by atomic mass is 10.1. The van der Waals surface area contributed by atoms with Crippen molar-refractivity contribution in [3.8, 4) is 17.1 Å². The zero-order valence-corrected chi connectivity index (χ0v) is 14.4. The standard InChI is InChI=1S/C19H18ClN3O2/c20-17-4-2-1-3-14(17)11-18-22-19(23-25-18)13-5-7-15(8-6-13)24-16-9-10-21-12-16/h1-8,16,21H,9-12H2. The first-order valence-electron chi connectivity index (χ1n) is 8.32. The van der Waals surface area contributed by atoms with Crippen LogP contribution in [0.25, 0.3) is 11.4 Å². The van der Waals surface area contributed by atoms with Crippen molar-refractivity contribution >= 4 is 11.6 Å². The van der Waals surface area contributed by atoms with E-state index in [1.165, 1.54) is 0 Å². The molecule has 6 heteroatoms. The Balaban J connectivity index is 1.45. The molecule has 5 nitrogen and oxygen atoms in total. The number of halogens is 1. The zero-order chi connectivity index (χ0) is 17.1. The van der Waals surface area contributed by atoms with Crippen LogP contribution >= 0.6 is 11.6 Å². The smallest absolute Gasteiger partial charge is 0.231 e. The van der Waals surface area contributed by atoms with Gasteiger partial charge in [0.2, 0.25) is 11.7 Å². The maximum atomic E-state index is 6.18. The number of rotatable bonds is 5. The second kappa shape index (κ2) is 7.25. The third-order valence-corrected chi connectivity index (χ3v) is 4.57. The number of nitrogens with zero attached hydrogens (tertiary/aromatic N) is 2. The maximum absolute atomic E-state index is 6.18. The lowest BCUT2D eigenvalue weighted by Gasteiger charge is -2.12. The number of hydrogen-bond donors (Lipinski definition) is 1. The van der Waals surface area contributed by atoms with Crippen LogP contribution in [0, 0.1) is 0 Å². The Morgan fingerprint density at radius 1 is 1.16 bits per heavy atom. The van der Waals surface area contributed by atoms with E-state index in [-0.39, 0.29) is 6.10 Å². The van der Waals surface area contributed by atoms with Gasteiger partial charge in [-0.25, -0.2) is 0 Å². The fourth-order valence-electron chi connectivity index (χ4n) is 2.85. The normalized spacial score (nSPS) is 16.9. The SMILES string of the molecule is Clc1ccccc1Cc1nc(-c2ccc(OC3CCNC3)cc2)no1. The number of ether oxygens (including phenoxy) is 1. The highest BCUT2D eigenvalue weighted by Crippen LogP contribution is 2.23. The third kappa shape index (κ3) is 3.83. The van der Waals surface area contributed by atoms with Crippen molar-refractivity contribution in [2.24, 2.45) is 0 Å². The summed E-state index contributed by atoms with van der Waals surface area (Å²) in [6.45, 7) is 1.91. The molecule has 1 aromatic heterocycles. The number of nitrogens with one attached hydrogen (secondary N) is 1. The molecule has 0 amide bonds. The first-order valence-corrected chi connectivity index (χ1v) is 8.69. The summed E-state index contributed by atoms with van der Waals surface area (Å²) in [5, 5.41) is 8.05. The molecule has 0 spiro atoms. The molecule has 1 atom stereocenters. The average Bonchev–Trinajstić information content (AvgIpc) is 3.30. The highest BCUT2D eigenvalue weighted by molar-refractivity contribution is 6.31. The van der Waals surface area contributed by atoms with Gasteiger partial charge in [0.15, 0.2) is 0 Å². The quantitative estimate of drug-likeness (QED) is 0.755. The van der Waals surface area contributed by atoms with E-state index < -0.39 is 0 Å². The summed E-state index contributed by atoms with van der Waals surface area (Å²) in [5.74, 6) is 1.97. The van der Waals surface area contributed by atoms with Crippen molar-refractivity contribution in [3.05, 3.63) is 65.0 Å². The lowest BCUT2D eigenvalue weighted by molar-refractivity contribution is 0.223. The van der Waals surface area contributed by atoms with Crippen LogP contribution in [-0.2, 0) is 6.42 Å². The molecule has 3 aromatic rings. The van der Waals surface area contributed by atoms with Gasteiger partial charge in [-0.15, -0.1) is 0 Å². The highest BCUT2D eigenvalue weighted by Gasteiger charge is 2.16. The van der Waals surface area contributed by atoms with Crippen molar-refractivity contribution in [2.45, 2.75) is 18.9 Å². The molecule has 1 unspecified atom stereocenters. The van der Waals surface area contributed by atoms with E-state index in [1.807, 2.05) is 48.5 Å². The zero-order valence-electron chi connectivity index (χ0n) is 13.6. The molecule has 25 heavy (non-hydrogen) atoms. The third-order valence-electron chi connectivity index (χ3n) is 4.20. The lowest BCUT2D eigenvalue weighted by Crippen LogP contribution is -2.19. The van der Waals surface area contributed by atoms with Crippen LogP contribution in [0.4, 0.5) is 0 Å². The molecular weight excluding hydrogens is 338 g/mol. The Morgan fingerprint density at radius 3 is 2.76 bits per heavy atom. The van der Waals surface area contributed by atoms with Crippen LogP contribution in [0.3, 0.4) is 0 Å². The molecule has 1 aliphatic rings. The van der Waals surface area contributed by atoms with E-state index in [0.717, 1.165) is 36.4 Å². The second-order valence-corrected chi connectivity index (χ2v) is 6.44. The number of benzene rings is 2. The van der Waals surface area contributed by atoms with Crippen LogP contribution in [-0.4, -0.2) is 29.3 Å². The molecule has 1 fully saturated rings. The van der Waals surface area contributed by atoms with Gasteiger partial charge in [-0.2, -0.15) is 4.98 Å².